The van der Waals surface area contributed by atoms with Gasteiger partial charge in [-0.2, -0.15) is 0 Å². The molecule has 2 aliphatic rings. The first-order chi connectivity index (χ1) is 8.49. The maximum absolute atomic E-state index is 11.3. The Morgan fingerprint density at radius 2 is 1.78 bits per heavy atom. The van der Waals surface area contributed by atoms with Crippen molar-refractivity contribution in [1.82, 2.24) is 4.90 Å². The molecule has 1 aliphatic heterocycles. The smallest absolute Gasteiger partial charge is 0.135 e. The molecule has 0 unspecified atom stereocenters. The van der Waals surface area contributed by atoms with Crippen LogP contribution in [0.1, 0.15) is 59.3 Å². The van der Waals surface area contributed by atoms with Crippen LogP contribution in [0, 0.1) is 0 Å². The van der Waals surface area contributed by atoms with Crippen molar-refractivity contribution in [3.63, 3.8) is 0 Å². The molecule has 0 aromatic rings. The number of rotatable bonds is 3. The maximum Gasteiger partial charge on any atom is 0.135 e. The summed E-state index contributed by atoms with van der Waals surface area (Å²) >= 11 is 0. The van der Waals surface area contributed by atoms with E-state index in [1.807, 2.05) is 0 Å². The average Bonchev–Trinajstić information content (AvgIpc) is 2.32. The lowest BCUT2D eigenvalue weighted by atomic mass is 9.79. The first-order valence-electron chi connectivity index (χ1n) is 7.42. The van der Waals surface area contributed by atoms with Crippen LogP contribution >= 0.6 is 0 Å². The van der Waals surface area contributed by atoms with Crippen LogP contribution in [-0.4, -0.2) is 41.5 Å². The predicted octanol–water partition coefficient (Wildman–Crippen LogP) is 2.78. The summed E-state index contributed by atoms with van der Waals surface area (Å²) in [6, 6.07) is 0. The minimum atomic E-state index is 0.303. The first-order valence-corrected chi connectivity index (χ1v) is 7.42. The van der Waals surface area contributed by atoms with Gasteiger partial charge in [-0.15, -0.1) is 0 Å². The summed E-state index contributed by atoms with van der Waals surface area (Å²) in [5.41, 5.74) is 0.303. The van der Waals surface area contributed by atoms with Crippen LogP contribution in [0.5, 0.6) is 0 Å². The van der Waals surface area contributed by atoms with E-state index < -0.39 is 0 Å². The predicted molar refractivity (Wildman–Crippen MR) is 72.7 cm³/mol. The van der Waals surface area contributed by atoms with Crippen LogP contribution in [0.15, 0.2) is 0 Å². The minimum Gasteiger partial charge on any atom is -0.376 e. The van der Waals surface area contributed by atoms with Gasteiger partial charge in [0.2, 0.25) is 0 Å². The van der Waals surface area contributed by atoms with Crippen LogP contribution in [0.3, 0.4) is 0 Å². The Morgan fingerprint density at radius 1 is 1.22 bits per heavy atom. The van der Waals surface area contributed by atoms with Crippen molar-refractivity contribution >= 4 is 5.78 Å². The fraction of sp³-hybridized carbons (Fsp3) is 0.933. The summed E-state index contributed by atoms with van der Waals surface area (Å²) in [5.74, 6) is 0.437. The number of ketones is 1. The number of carbonyl (C=O) groups is 1. The summed E-state index contributed by atoms with van der Waals surface area (Å²) in [6.45, 7) is 8.53. The fourth-order valence-corrected chi connectivity index (χ4v) is 3.35. The second-order valence-electron chi connectivity index (χ2n) is 6.41. The van der Waals surface area contributed by atoms with Gasteiger partial charge < -0.3 is 4.74 Å². The van der Waals surface area contributed by atoms with E-state index in [0.29, 0.717) is 23.5 Å². The van der Waals surface area contributed by atoms with Crippen molar-refractivity contribution in [3.8, 4) is 0 Å². The largest absolute Gasteiger partial charge is 0.376 e. The zero-order chi connectivity index (χ0) is 13.2. The Kier molecular flexibility index (Phi) is 4.44. The molecule has 0 aromatic carbocycles. The summed E-state index contributed by atoms with van der Waals surface area (Å²) in [5, 5.41) is 0. The quantitative estimate of drug-likeness (QED) is 0.774. The average molecular weight is 253 g/mol. The Morgan fingerprint density at radius 3 is 2.28 bits per heavy atom. The number of hydrogen-bond acceptors (Lipinski definition) is 3. The van der Waals surface area contributed by atoms with E-state index in [-0.39, 0.29) is 0 Å². The van der Waals surface area contributed by atoms with Gasteiger partial charge in [-0.1, -0.05) is 0 Å². The van der Waals surface area contributed by atoms with Gasteiger partial charge in [0.15, 0.2) is 0 Å². The van der Waals surface area contributed by atoms with Crippen molar-refractivity contribution in [3.05, 3.63) is 0 Å². The Balaban J connectivity index is 1.85. The molecule has 1 aliphatic carbocycles. The third-order valence-electron chi connectivity index (χ3n) is 4.56. The molecular formula is C15H27NO2. The van der Waals surface area contributed by atoms with E-state index in [4.69, 9.17) is 4.74 Å². The monoisotopic (exact) mass is 253 g/mol. The van der Waals surface area contributed by atoms with Gasteiger partial charge in [0.25, 0.3) is 0 Å². The number of hydrogen-bond donors (Lipinski definition) is 0. The molecule has 3 nitrogen and oxygen atoms in total. The van der Waals surface area contributed by atoms with Crippen LogP contribution < -0.4 is 0 Å². The number of likely N-dealkylation sites (tertiary alicyclic amines) is 1. The van der Waals surface area contributed by atoms with Crippen LogP contribution in [-0.2, 0) is 9.53 Å². The highest BCUT2D eigenvalue weighted by Crippen LogP contribution is 2.36. The van der Waals surface area contributed by atoms with Gasteiger partial charge in [0, 0.05) is 31.5 Å². The molecule has 104 valence electrons. The number of ether oxygens (including phenoxy) is 1. The first kappa shape index (κ1) is 14.0. The number of nitrogens with zero attached hydrogens (tertiary/aromatic N) is 1. The van der Waals surface area contributed by atoms with E-state index in [2.05, 4.69) is 25.7 Å². The number of piperidine rings is 1. The van der Waals surface area contributed by atoms with Gasteiger partial charge in [-0.05, 0) is 46.5 Å². The lowest BCUT2D eigenvalue weighted by Crippen LogP contribution is -2.52. The molecule has 0 atom stereocenters. The molecule has 0 amide bonds. The topological polar surface area (TPSA) is 29.5 Å². The third kappa shape index (κ3) is 3.33. The molecule has 1 heterocycles. The van der Waals surface area contributed by atoms with Crippen molar-refractivity contribution in [2.24, 2.45) is 0 Å². The molecule has 3 heteroatoms. The van der Waals surface area contributed by atoms with Gasteiger partial charge >= 0.3 is 0 Å². The highest BCUT2D eigenvalue weighted by atomic mass is 16.5. The van der Waals surface area contributed by atoms with E-state index >= 15 is 0 Å². The SMILES string of the molecule is CC(C)O[C@H]1CC[C@](C)(N2CCC(=O)CC2)CC1. The van der Waals surface area contributed by atoms with Crippen LogP contribution in [0.4, 0.5) is 0 Å². The van der Waals surface area contributed by atoms with Crippen molar-refractivity contribution < 1.29 is 9.53 Å². The van der Waals surface area contributed by atoms with E-state index in [1.54, 1.807) is 0 Å². The lowest BCUT2D eigenvalue weighted by molar-refractivity contribution is -0.123. The molecule has 0 spiro atoms. The highest BCUT2D eigenvalue weighted by Gasteiger charge is 2.37. The molecule has 0 radical (unpaired) electrons. The van der Waals surface area contributed by atoms with Gasteiger partial charge in [0.1, 0.15) is 5.78 Å². The molecule has 2 rings (SSSR count). The van der Waals surface area contributed by atoms with Gasteiger partial charge in [-0.3, -0.25) is 9.69 Å². The molecule has 0 N–H and O–H groups in total. The molecule has 0 bridgehead atoms. The van der Waals surface area contributed by atoms with E-state index in [0.717, 1.165) is 25.9 Å². The third-order valence-corrected chi connectivity index (χ3v) is 4.56. The fourth-order valence-electron chi connectivity index (χ4n) is 3.35. The highest BCUT2D eigenvalue weighted by molar-refractivity contribution is 5.79. The molecule has 0 aromatic heterocycles. The summed E-state index contributed by atoms with van der Waals surface area (Å²) in [4.78, 5) is 13.9. The normalized spacial score (nSPS) is 35.1. The lowest BCUT2D eigenvalue weighted by Gasteiger charge is -2.47. The summed E-state index contributed by atoms with van der Waals surface area (Å²) < 4.78 is 5.92. The van der Waals surface area contributed by atoms with Gasteiger partial charge in [-0.25, -0.2) is 0 Å². The van der Waals surface area contributed by atoms with Crippen molar-refractivity contribution in [2.45, 2.75) is 77.0 Å². The molecular weight excluding hydrogens is 226 g/mol. The molecule has 1 saturated heterocycles. The number of Topliss-reactive ketones (excluding diaryl/α,β-unsaturated/α-hetero) is 1. The van der Waals surface area contributed by atoms with Crippen LogP contribution in [0.2, 0.25) is 0 Å². The molecule has 2 fully saturated rings. The zero-order valence-electron chi connectivity index (χ0n) is 12.1. The van der Waals surface area contributed by atoms with Crippen molar-refractivity contribution in [2.75, 3.05) is 13.1 Å². The second-order valence-corrected chi connectivity index (χ2v) is 6.41. The Labute approximate surface area is 111 Å². The molecule has 18 heavy (non-hydrogen) atoms. The summed E-state index contributed by atoms with van der Waals surface area (Å²) in [6.07, 6.45) is 7.04. The van der Waals surface area contributed by atoms with Crippen LogP contribution in [0.25, 0.3) is 0 Å². The number of carbonyl (C=O) groups excluding carboxylic acids is 1. The standard InChI is InChI=1S/C15H27NO2/c1-12(2)18-14-4-8-15(3,9-5-14)16-10-6-13(17)7-11-16/h12,14H,4-11H2,1-3H3/t14-,15-. The Bertz CT molecular complexity index is 283. The summed E-state index contributed by atoms with van der Waals surface area (Å²) in [7, 11) is 0. The van der Waals surface area contributed by atoms with Gasteiger partial charge in [0.05, 0.1) is 12.2 Å². The maximum atomic E-state index is 11.3. The zero-order valence-corrected chi connectivity index (χ0v) is 12.1. The Hall–Kier alpha value is -0.410. The molecule has 1 saturated carbocycles. The second kappa shape index (κ2) is 5.70. The minimum absolute atomic E-state index is 0.303. The van der Waals surface area contributed by atoms with Crippen molar-refractivity contribution in [1.29, 1.82) is 0 Å². The van der Waals surface area contributed by atoms with E-state index in [1.165, 1.54) is 25.7 Å². The van der Waals surface area contributed by atoms with E-state index in [9.17, 15) is 4.79 Å².